The second-order valence-corrected chi connectivity index (χ2v) is 9.84. The molecule has 3 aromatic rings. The number of hydrogen-bond acceptors (Lipinski definition) is 5. The summed E-state index contributed by atoms with van der Waals surface area (Å²) in [4.78, 5) is 3.84. The zero-order valence-corrected chi connectivity index (χ0v) is 18.9. The number of likely N-dealkylation sites (tertiary alicyclic amines) is 1. The Morgan fingerprint density at radius 3 is 2.28 bits per heavy atom. The highest BCUT2D eigenvalue weighted by atomic mass is 32.2. The Bertz CT molecular complexity index is 1050. The van der Waals surface area contributed by atoms with Crippen molar-refractivity contribution in [2.75, 3.05) is 32.0 Å². The largest absolute Gasteiger partial charge is 0.508 e. The maximum absolute atomic E-state index is 10.2. The summed E-state index contributed by atoms with van der Waals surface area (Å²) in [5.41, 5.74) is 3.33. The molecule has 2 aliphatic rings. The van der Waals surface area contributed by atoms with Gasteiger partial charge in [-0.3, -0.25) is 0 Å². The number of thioether (sulfide) groups is 1. The molecular weight excluding hydrogens is 418 g/mol. The van der Waals surface area contributed by atoms with Crippen molar-refractivity contribution in [3.05, 3.63) is 83.4 Å². The van der Waals surface area contributed by atoms with E-state index in [1.54, 1.807) is 18.2 Å². The predicted octanol–water partition coefficient (Wildman–Crippen LogP) is 5.59. The fourth-order valence-corrected chi connectivity index (χ4v) is 5.81. The highest BCUT2D eigenvalue weighted by Gasteiger charge is 2.33. The molecule has 2 aliphatic heterocycles. The van der Waals surface area contributed by atoms with E-state index in [1.165, 1.54) is 36.4 Å². The Labute approximate surface area is 193 Å². The first-order valence-corrected chi connectivity index (χ1v) is 12.4. The second-order valence-electron chi connectivity index (χ2n) is 8.68. The lowest BCUT2D eigenvalue weighted by atomic mass is 9.76. The van der Waals surface area contributed by atoms with Gasteiger partial charge in [0.05, 0.1) is 6.61 Å². The highest BCUT2D eigenvalue weighted by molar-refractivity contribution is 7.99. The Morgan fingerprint density at radius 2 is 1.53 bits per heavy atom. The minimum atomic E-state index is 0.0686. The number of rotatable bonds is 6. The van der Waals surface area contributed by atoms with Crippen molar-refractivity contribution in [3.8, 4) is 17.2 Å². The summed E-state index contributed by atoms with van der Waals surface area (Å²) < 4.78 is 6.07. The van der Waals surface area contributed by atoms with Crippen molar-refractivity contribution in [3.63, 3.8) is 0 Å². The van der Waals surface area contributed by atoms with Gasteiger partial charge in [-0.25, -0.2) is 0 Å². The Kier molecular flexibility index (Phi) is 6.28. The van der Waals surface area contributed by atoms with Crippen LogP contribution in [0.5, 0.6) is 17.2 Å². The van der Waals surface area contributed by atoms with Crippen LogP contribution in [-0.4, -0.2) is 47.1 Å². The van der Waals surface area contributed by atoms with Gasteiger partial charge < -0.3 is 19.8 Å². The molecule has 166 valence electrons. The molecule has 2 atom stereocenters. The average Bonchev–Trinajstić information content (AvgIpc) is 3.33. The van der Waals surface area contributed by atoms with Crippen LogP contribution < -0.4 is 4.74 Å². The fraction of sp³-hybridized carbons (Fsp3) is 0.333. The normalized spacial score (nSPS) is 20.6. The maximum atomic E-state index is 10.2. The van der Waals surface area contributed by atoms with E-state index in [4.69, 9.17) is 4.74 Å². The highest BCUT2D eigenvalue weighted by Crippen LogP contribution is 2.47. The number of fused-ring (bicyclic) bond motifs is 1. The number of hydrogen-bond donors (Lipinski definition) is 2. The van der Waals surface area contributed by atoms with Crippen molar-refractivity contribution in [1.29, 1.82) is 0 Å². The molecule has 1 fully saturated rings. The van der Waals surface area contributed by atoms with Gasteiger partial charge in [0.15, 0.2) is 0 Å². The van der Waals surface area contributed by atoms with Crippen LogP contribution in [-0.2, 0) is 0 Å². The Morgan fingerprint density at radius 1 is 0.844 bits per heavy atom. The van der Waals surface area contributed by atoms with Crippen molar-refractivity contribution in [1.82, 2.24) is 4.90 Å². The zero-order chi connectivity index (χ0) is 21.9. The quantitative estimate of drug-likeness (QED) is 0.482. The third-order valence-corrected chi connectivity index (χ3v) is 7.58. The van der Waals surface area contributed by atoms with Gasteiger partial charge in [0.1, 0.15) is 17.2 Å². The number of benzene rings is 3. The van der Waals surface area contributed by atoms with Gasteiger partial charge in [0.2, 0.25) is 0 Å². The molecular formula is C27H29NO3S. The van der Waals surface area contributed by atoms with Crippen molar-refractivity contribution >= 4 is 11.8 Å². The molecule has 0 aliphatic carbocycles. The number of nitrogens with zero attached hydrogens (tertiary/aromatic N) is 1. The zero-order valence-electron chi connectivity index (χ0n) is 18.1. The number of phenolic OH excluding ortho intramolecular Hbond substituents is 2. The average molecular weight is 448 g/mol. The van der Waals surface area contributed by atoms with Gasteiger partial charge in [0, 0.05) is 34.6 Å². The van der Waals surface area contributed by atoms with E-state index >= 15 is 0 Å². The van der Waals surface area contributed by atoms with Crippen LogP contribution in [0.3, 0.4) is 0 Å². The SMILES string of the molecule is Oc1ccc([C@@H]2COc3ccc(O)cc3[C@@H]2c2ccc(SCCN3CCCC3)cc2)cc1. The lowest BCUT2D eigenvalue weighted by molar-refractivity contribution is 0.248. The molecule has 0 bridgehead atoms. The molecule has 2 N–H and O–H groups in total. The van der Waals surface area contributed by atoms with Crippen LogP contribution in [0.1, 0.15) is 41.4 Å². The molecule has 3 aromatic carbocycles. The second kappa shape index (κ2) is 9.47. The van der Waals surface area contributed by atoms with E-state index in [0.29, 0.717) is 6.61 Å². The smallest absolute Gasteiger partial charge is 0.123 e. The number of aromatic hydroxyl groups is 2. The topological polar surface area (TPSA) is 52.9 Å². The van der Waals surface area contributed by atoms with E-state index in [2.05, 4.69) is 29.2 Å². The first-order valence-electron chi connectivity index (χ1n) is 11.4. The van der Waals surface area contributed by atoms with Crippen molar-refractivity contribution < 1.29 is 14.9 Å². The number of ether oxygens (including phenoxy) is 1. The molecule has 0 amide bonds. The van der Waals surface area contributed by atoms with Gasteiger partial charge >= 0.3 is 0 Å². The minimum absolute atomic E-state index is 0.0686. The van der Waals surface area contributed by atoms with E-state index in [9.17, 15) is 10.2 Å². The molecule has 2 heterocycles. The third kappa shape index (κ3) is 4.59. The molecule has 4 nitrogen and oxygen atoms in total. The van der Waals surface area contributed by atoms with Crippen LogP contribution >= 0.6 is 11.8 Å². The summed E-state index contributed by atoms with van der Waals surface area (Å²) >= 11 is 1.92. The summed E-state index contributed by atoms with van der Waals surface area (Å²) in [7, 11) is 0. The molecule has 5 heteroatoms. The van der Waals surface area contributed by atoms with E-state index in [-0.39, 0.29) is 23.3 Å². The lowest BCUT2D eigenvalue weighted by Gasteiger charge is -2.34. The predicted molar refractivity (Wildman–Crippen MR) is 129 cm³/mol. The van der Waals surface area contributed by atoms with E-state index in [0.717, 1.165) is 29.2 Å². The summed E-state index contributed by atoms with van der Waals surface area (Å²) in [5, 5.41) is 19.9. The summed E-state index contributed by atoms with van der Waals surface area (Å²) in [5.74, 6) is 2.61. The van der Waals surface area contributed by atoms with E-state index < -0.39 is 0 Å². The molecule has 0 spiro atoms. The molecule has 1 saturated heterocycles. The van der Waals surface area contributed by atoms with Crippen LogP contribution in [0.25, 0.3) is 0 Å². The van der Waals surface area contributed by atoms with Crippen LogP contribution in [0.2, 0.25) is 0 Å². The summed E-state index contributed by atoms with van der Waals surface area (Å²) in [6.07, 6.45) is 2.67. The van der Waals surface area contributed by atoms with Gasteiger partial charge in [0.25, 0.3) is 0 Å². The monoisotopic (exact) mass is 447 g/mol. The Hall–Kier alpha value is -2.63. The van der Waals surface area contributed by atoms with Crippen molar-refractivity contribution in [2.24, 2.45) is 0 Å². The minimum Gasteiger partial charge on any atom is -0.508 e. The maximum Gasteiger partial charge on any atom is 0.123 e. The summed E-state index contributed by atoms with van der Waals surface area (Å²) in [6.45, 7) is 4.20. The third-order valence-electron chi connectivity index (χ3n) is 6.58. The van der Waals surface area contributed by atoms with Gasteiger partial charge in [-0.05, 0) is 79.5 Å². The van der Waals surface area contributed by atoms with Crippen LogP contribution in [0.15, 0.2) is 71.6 Å². The Balaban J connectivity index is 1.40. The first kappa shape index (κ1) is 21.2. The first-order chi connectivity index (χ1) is 15.7. The molecule has 0 aromatic heterocycles. The molecule has 0 radical (unpaired) electrons. The van der Waals surface area contributed by atoms with Crippen molar-refractivity contribution in [2.45, 2.75) is 29.6 Å². The standard InChI is InChI=1S/C27H29NO3S/c29-21-7-3-19(4-8-21)25-18-31-26-12-9-22(30)17-24(26)27(25)20-5-10-23(11-6-20)32-16-15-28-13-1-2-14-28/h3-12,17,25,27,29-30H,1-2,13-16,18H2/t25-,27-/m0/s1. The molecule has 0 unspecified atom stereocenters. The molecule has 5 rings (SSSR count). The van der Waals surface area contributed by atoms with Gasteiger partial charge in [-0.2, -0.15) is 0 Å². The van der Waals surface area contributed by atoms with Gasteiger partial charge in [-0.1, -0.05) is 24.3 Å². The fourth-order valence-electron chi connectivity index (χ4n) is 4.90. The van der Waals surface area contributed by atoms with E-state index in [1.807, 2.05) is 36.0 Å². The van der Waals surface area contributed by atoms with Gasteiger partial charge in [-0.15, -0.1) is 11.8 Å². The van der Waals surface area contributed by atoms with Crippen LogP contribution in [0.4, 0.5) is 0 Å². The molecule has 0 saturated carbocycles. The summed E-state index contributed by atoms with van der Waals surface area (Å²) in [6, 6.07) is 21.6. The number of phenols is 2. The lowest BCUT2D eigenvalue weighted by Crippen LogP contribution is -2.25. The van der Waals surface area contributed by atoms with Crippen LogP contribution in [0, 0.1) is 0 Å². The molecule has 32 heavy (non-hydrogen) atoms.